The highest BCUT2D eigenvalue weighted by molar-refractivity contribution is 5.69. The van der Waals surface area contributed by atoms with Crippen LogP contribution in [0.15, 0.2) is 0 Å². The molecule has 2 nitrogen and oxygen atoms in total. The summed E-state index contributed by atoms with van der Waals surface area (Å²) in [4.78, 5) is 10.5. The SMILES string of the molecule is CC(CC12CC(C1)C2)C(=O)O. The number of carboxylic acid groups (broad SMARTS) is 1. The summed E-state index contributed by atoms with van der Waals surface area (Å²) in [5.41, 5.74) is 0.489. The number of hydrogen-bond acceptors (Lipinski definition) is 1. The fraction of sp³-hybridized carbons (Fsp3) is 0.889. The van der Waals surface area contributed by atoms with E-state index in [1.807, 2.05) is 6.92 Å². The largest absolute Gasteiger partial charge is 0.481 e. The van der Waals surface area contributed by atoms with Crippen LogP contribution in [0.1, 0.15) is 32.6 Å². The van der Waals surface area contributed by atoms with Gasteiger partial charge in [-0.25, -0.2) is 0 Å². The molecule has 0 aromatic heterocycles. The summed E-state index contributed by atoms with van der Waals surface area (Å²) < 4.78 is 0. The molecule has 0 aliphatic heterocycles. The van der Waals surface area contributed by atoms with Gasteiger partial charge in [-0.05, 0) is 37.0 Å². The zero-order valence-electron chi connectivity index (χ0n) is 6.84. The second kappa shape index (κ2) is 1.99. The first-order valence-electron chi connectivity index (χ1n) is 4.34. The molecule has 3 aliphatic carbocycles. The van der Waals surface area contributed by atoms with Crippen LogP contribution in [-0.4, -0.2) is 11.1 Å². The van der Waals surface area contributed by atoms with Gasteiger partial charge in [-0.2, -0.15) is 0 Å². The lowest BCUT2D eigenvalue weighted by Gasteiger charge is -2.62. The van der Waals surface area contributed by atoms with E-state index >= 15 is 0 Å². The zero-order valence-corrected chi connectivity index (χ0v) is 6.84. The molecule has 0 aromatic rings. The average molecular weight is 154 g/mol. The summed E-state index contributed by atoms with van der Waals surface area (Å²) >= 11 is 0. The van der Waals surface area contributed by atoms with Gasteiger partial charge in [-0.15, -0.1) is 0 Å². The molecule has 0 amide bonds. The van der Waals surface area contributed by atoms with E-state index in [0.717, 1.165) is 12.3 Å². The summed E-state index contributed by atoms with van der Waals surface area (Å²) in [6.45, 7) is 1.82. The van der Waals surface area contributed by atoms with Crippen molar-refractivity contribution in [3.8, 4) is 0 Å². The number of rotatable bonds is 3. The molecular formula is C9H14O2. The van der Waals surface area contributed by atoms with Gasteiger partial charge in [0.1, 0.15) is 0 Å². The van der Waals surface area contributed by atoms with Crippen molar-refractivity contribution in [2.45, 2.75) is 32.6 Å². The highest BCUT2D eigenvalue weighted by Crippen LogP contribution is 2.67. The molecule has 3 rings (SSSR count). The van der Waals surface area contributed by atoms with Crippen LogP contribution >= 0.6 is 0 Å². The average Bonchev–Trinajstić information content (AvgIpc) is 1.74. The molecule has 2 heteroatoms. The van der Waals surface area contributed by atoms with Crippen molar-refractivity contribution in [1.29, 1.82) is 0 Å². The van der Waals surface area contributed by atoms with Crippen molar-refractivity contribution in [2.24, 2.45) is 17.3 Å². The third-order valence-electron chi connectivity index (χ3n) is 3.33. The third kappa shape index (κ3) is 0.959. The maximum atomic E-state index is 10.5. The van der Waals surface area contributed by atoms with Crippen LogP contribution in [0, 0.1) is 17.3 Å². The molecule has 0 heterocycles. The molecule has 0 spiro atoms. The summed E-state index contributed by atoms with van der Waals surface area (Å²) in [7, 11) is 0. The van der Waals surface area contributed by atoms with E-state index in [-0.39, 0.29) is 5.92 Å². The lowest BCUT2D eigenvalue weighted by Crippen LogP contribution is -2.52. The monoisotopic (exact) mass is 154 g/mol. The van der Waals surface area contributed by atoms with Gasteiger partial charge in [0.15, 0.2) is 0 Å². The summed E-state index contributed by atoms with van der Waals surface area (Å²) in [6.07, 6.45) is 4.85. The molecule has 3 fully saturated rings. The highest BCUT2D eigenvalue weighted by atomic mass is 16.4. The third-order valence-corrected chi connectivity index (χ3v) is 3.33. The van der Waals surface area contributed by atoms with Crippen molar-refractivity contribution in [3.05, 3.63) is 0 Å². The predicted octanol–water partition coefficient (Wildman–Crippen LogP) is 1.90. The minimum atomic E-state index is -0.630. The van der Waals surface area contributed by atoms with Crippen LogP contribution in [0.2, 0.25) is 0 Å². The maximum Gasteiger partial charge on any atom is 0.306 e. The van der Waals surface area contributed by atoms with Gasteiger partial charge in [0.25, 0.3) is 0 Å². The molecule has 11 heavy (non-hydrogen) atoms. The molecule has 1 N–H and O–H groups in total. The van der Waals surface area contributed by atoms with Crippen molar-refractivity contribution in [3.63, 3.8) is 0 Å². The standard InChI is InChI=1S/C9H14O2/c1-6(8(10)11)2-9-3-7(4-9)5-9/h6-7H,2-5H2,1H3,(H,10,11). The number of carboxylic acids is 1. The second-order valence-electron chi connectivity index (χ2n) is 4.42. The van der Waals surface area contributed by atoms with E-state index < -0.39 is 5.97 Å². The molecule has 0 radical (unpaired) electrons. The number of hydrogen-bond donors (Lipinski definition) is 1. The van der Waals surface area contributed by atoms with E-state index in [9.17, 15) is 4.79 Å². The van der Waals surface area contributed by atoms with Crippen LogP contribution in [0.5, 0.6) is 0 Å². The molecule has 3 saturated carbocycles. The summed E-state index contributed by atoms with van der Waals surface area (Å²) in [6, 6.07) is 0. The fourth-order valence-electron chi connectivity index (χ4n) is 2.64. The van der Waals surface area contributed by atoms with Crippen molar-refractivity contribution in [1.82, 2.24) is 0 Å². The molecular weight excluding hydrogens is 140 g/mol. The first-order valence-corrected chi connectivity index (χ1v) is 4.34. The van der Waals surface area contributed by atoms with Gasteiger partial charge >= 0.3 is 5.97 Å². The van der Waals surface area contributed by atoms with E-state index in [4.69, 9.17) is 5.11 Å². The Bertz CT molecular complexity index is 181. The smallest absolute Gasteiger partial charge is 0.306 e. The van der Waals surface area contributed by atoms with E-state index in [1.165, 1.54) is 19.3 Å². The Morgan fingerprint density at radius 3 is 2.45 bits per heavy atom. The van der Waals surface area contributed by atoms with Gasteiger partial charge in [-0.3, -0.25) is 4.79 Å². The second-order valence-corrected chi connectivity index (χ2v) is 4.42. The van der Waals surface area contributed by atoms with Crippen LogP contribution in [0.4, 0.5) is 0 Å². The minimum Gasteiger partial charge on any atom is -0.481 e. The maximum absolute atomic E-state index is 10.5. The van der Waals surface area contributed by atoms with E-state index in [1.54, 1.807) is 0 Å². The molecule has 1 unspecified atom stereocenters. The predicted molar refractivity (Wildman–Crippen MR) is 41.2 cm³/mol. The highest BCUT2D eigenvalue weighted by Gasteiger charge is 2.56. The Morgan fingerprint density at radius 2 is 2.18 bits per heavy atom. The van der Waals surface area contributed by atoms with Gasteiger partial charge < -0.3 is 5.11 Å². The van der Waals surface area contributed by atoms with Crippen LogP contribution in [0.25, 0.3) is 0 Å². The fourth-order valence-corrected chi connectivity index (χ4v) is 2.64. The molecule has 62 valence electrons. The topological polar surface area (TPSA) is 37.3 Å². The Morgan fingerprint density at radius 1 is 1.64 bits per heavy atom. The van der Waals surface area contributed by atoms with Crippen molar-refractivity contribution in [2.75, 3.05) is 0 Å². The van der Waals surface area contributed by atoms with Gasteiger partial charge in [0.2, 0.25) is 0 Å². The van der Waals surface area contributed by atoms with Crippen molar-refractivity contribution < 1.29 is 9.90 Å². The van der Waals surface area contributed by atoms with Crippen LogP contribution < -0.4 is 0 Å². The molecule has 2 bridgehead atoms. The molecule has 0 saturated heterocycles. The minimum absolute atomic E-state index is 0.128. The lowest BCUT2D eigenvalue weighted by molar-refractivity contribution is -0.153. The normalized spacial score (nSPS) is 42.1. The van der Waals surface area contributed by atoms with Gasteiger partial charge in [0, 0.05) is 0 Å². The summed E-state index contributed by atoms with van der Waals surface area (Å²) in [5.74, 6) is 0.210. The van der Waals surface area contributed by atoms with Crippen LogP contribution in [0.3, 0.4) is 0 Å². The molecule has 3 aliphatic rings. The Labute approximate surface area is 66.6 Å². The summed E-state index contributed by atoms with van der Waals surface area (Å²) in [5, 5.41) is 8.68. The van der Waals surface area contributed by atoms with Crippen LogP contribution in [-0.2, 0) is 4.79 Å². The number of aliphatic carboxylic acids is 1. The first kappa shape index (κ1) is 7.14. The lowest BCUT2D eigenvalue weighted by atomic mass is 9.42. The Kier molecular flexibility index (Phi) is 1.29. The van der Waals surface area contributed by atoms with E-state index in [2.05, 4.69) is 0 Å². The van der Waals surface area contributed by atoms with Gasteiger partial charge in [-0.1, -0.05) is 6.92 Å². The first-order chi connectivity index (χ1) is 5.11. The van der Waals surface area contributed by atoms with E-state index in [0.29, 0.717) is 5.41 Å². The molecule has 1 atom stereocenters. The molecule has 0 aromatic carbocycles. The Balaban J connectivity index is 1.85. The quantitative estimate of drug-likeness (QED) is 0.674. The van der Waals surface area contributed by atoms with Crippen molar-refractivity contribution >= 4 is 5.97 Å². The zero-order chi connectivity index (χ0) is 8.06. The number of carbonyl (C=O) groups is 1. The van der Waals surface area contributed by atoms with Gasteiger partial charge in [0.05, 0.1) is 5.92 Å². The Hall–Kier alpha value is -0.530.